The molecule has 6 nitrogen and oxygen atoms in total. The lowest BCUT2D eigenvalue weighted by Crippen LogP contribution is -2.13. The molecule has 0 saturated heterocycles. The molecule has 4 aromatic heterocycles. The number of nitrogens with zero attached hydrogens (tertiary/aromatic N) is 2. The third-order valence-electron chi connectivity index (χ3n) is 16.7. The predicted molar refractivity (Wildman–Crippen MR) is 352 cm³/mol. The van der Waals surface area contributed by atoms with Gasteiger partial charge in [-0.05, 0) is 160 Å². The van der Waals surface area contributed by atoms with Crippen molar-refractivity contribution >= 4 is 133 Å². The lowest BCUT2D eigenvalue weighted by Gasteiger charge is -2.30. The average Bonchev–Trinajstić information content (AvgIpc) is 4.21. The van der Waals surface area contributed by atoms with Gasteiger partial charge in [0.05, 0.1) is 0 Å². The van der Waals surface area contributed by atoms with Gasteiger partial charge in [-0.1, -0.05) is 181 Å². The number of hydrogen-bond donors (Lipinski definition) is 0. The molecular formula is C78H47ClN2O4. The van der Waals surface area contributed by atoms with Crippen LogP contribution in [-0.4, -0.2) is 0 Å². The van der Waals surface area contributed by atoms with Crippen molar-refractivity contribution in [1.29, 1.82) is 0 Å². The maximum atomic E-state index is 7.49. The summed E-state index contributed by atoms with van der Waals surface area (Å²) in [6.07, 6.45) is 0. The van der Waals surface area contributed by atoms with Crippen LogP contribution in [0.5, 0.6) is 0 Å². The smallest absolute Gasteiger partial charge is 0.136 e. The van der Waals surface area contributed by atoms with Gasteiger partial charge in [0.15, 0.2) is 0 Å². The van der Waals surface area contributed by atoms with E-state index in [1.165, 1.54) is 0 Å². The highest BCUT2D eigenvalue weighted by Crippen LogP contribution is 2.47. The lowest BCUT2D eigenvalue weighted by atomic mass is 9.98. The van der Waals surface area contributed by atoms with E-state index in [-0.39, 0.29) is 0 Å². The molecule has 7 heteroatoms. The van der Waals surface area contributed by atoms with Crippen LogP contribution >= 0.6 is 11.6 Å². The number of para-hydroxylation sites is 4. The quantitative estimate of drug-likeness (QED) is 0.136. The first-order valence-electron chi connectivity index (χ1n) is 28.5. The van der Waals surface area contributed by atoms with Gasteiger partial charge < -0.3 is 27.5 Å². The zero-order chi connectivity index (χ0) is 56.1. The van der Waals surface area contributed by atoms with Crippen molar-refractivity contribution in [2.45, 2.75) is 0 Å². The molecule has 0 unspecified atom stereocenters. The van der Waals surface area contributed by atoms with Crippen LogP contribution in [0, 0.1) is 0 Å². The second kappa shape index (κ2) is 19.6. The van der Waals surface area contributed by atoms with Crippen LogP contribution in [0.15, 0.2) is 303 Å². The summed E-state index contributed by atoms with van der Waals surface area (Å²) in [5, 5.41) is 9.32. The monoisotopic (exact) mass is 1110 g/mol. The fraction of sp³-hybridized carbons (Fsp3) is 0. The summed E-state index contributed by atoms with van der Waals surface area (Å²) in [4.78, 5) is 4.58. The predicted octanol–water partition coefficient (Wildman–Crippen LogP) is 23.5. The second-order valence-corrected chi connectivity index (χ2v) is 22.1. The average molecular weight is 1110 g/mol. The molecule has 0 aliphatic rings. The summed E-state index contributed by atoms with van der Waals surface area (Å²) in [5.74, 6) is 0. The molecule has 0 radical (unpaired) electrons. The fourth-order valence-electron chi connectivity index (χ4n) is 12.9. The first-order valence-corrected chi connectivity index (χ1v) is 28.8. The Kier molecular flexibility index (Phi) is 11.2. The van der Waals surface area contributed by atoms with Crippen molar-refractivity contribution in [1.82, 2.24) is 0 Å². The van der Waals surface area contributed by atoms with Gasteiger partial charge in [-0.2, -0.15) is 0 Å². The highest BCUT2D eigenvalue weighted by molar-refractivity contribution is 6.31. The van der Waals surface area contributed by atoms with Crippen LogP contribution in [0.3, 0.4) is 0 Å². The molecule has 0 aliphatic heterocycles. The standard InChI is InChI=1S/C78H47ClN2O4/c79-52-45-57(80(53-37-29-48(30-38-53)59-17-9-25-71-75(59)63-13-1-5-21-67(63)82-71)54-39-31-49(32-40-54)60-18-10-26-72-76(60)64-14-2-6-22-68(64)83-72)47-58(46-52)81(55-41-33-50(34-42-55)61-19-11-27-73-77(61)65-15-3-7-23-69(65)84-73)56-43-35-51(36-44-56)62-20-12-28-74-78(62)66-16-4-8-24-70(66)85-74/h1-47H. The van der Waals surface area contributed by atoms with Crippen LogP contribution in [0.1, 0.15) is 0 Å². The summed E-state index contributed by atoms with van der Waals surface area (Å²) in [6.45, 7) is 0. The Morgan fingerprint density at radius 2 is 0.447 bits per heavy atom. The van der Waals surface area contributed by atoms with Crippen LogP contribution < -0.4 is 9.80 Å². The molecule has 0 spiro atoms. The van der Waals surface area contributed by atoms with Crippen molar-refractivity contribution < 1.29 is 17.7 Å². The summed E-state index contributed by atoms with van der Waals surface area (Å²) in [5.41, 5.74) is 21.2. The Hall–Kier alpha value is -11.1. The summed E-state index contributed by atoms with van der Waals surface area (Å²) >= 11 is 7.49. The van der Waals surface area contributed by atoms with Crippen LogP contribution in [-0.2, 0) is 0 Å². The van der Waals surface area contributed by atoms with E-state index in [1.807, 2.05) is 72.8 Å². The topological polar surface area (TPSA) is 59.0 Å². The van der Waals surface area contributed by atoms with Gasteiger partial charge in [0.25, 0.3) is 0 Å². The first-order chi connectivity index (χ1) is 42.0. The van der Waals surface area contributed by atoms with Gasteiger partial charge in [-0.15, -0.1) is 0 Å². The second-order valence-electron chi connectivity index (χ2n) is 21.6. The van der Waals surface area contributed by atoms with Crippen molar-refractivity contribution in [2.75, 3.05) is 9.80 Å². The first kappa shape index (κ1) is 48.6. The molecule has 13 aromatic carbocycles. The van der Waals surface area contributed by atoms with E-state index in [1.54, 1.807) is 0 Å². The van der Waals surface area contributed by atoms with Gasteiger partial charge >= 0.3 is 0 Å². The minimum absolute atomic E-state index is 0.582. The number of rotatable bonds is 10. The normalized spacial score (nSPS) is 11.8. The van der Waals surface area contributed by atoms with Crippen LogP contribution in [0.4, 0.5) is 34.1 Å². The van der Waals surface area contributed by atoms with Crippen molar-refractivity contribution in [3.8, 4) is 44.5 Å². The zero-order valence-electron chi connectivity index (χ0n) is 45.5. The van der Waals surface area contributed by atoms with E-state index in [2.05, 4.69) is 222 Å². The van der Waals surface area contributed by atoms with Gasteiger partial charge in [0.1, 0.15) is 44.7 Å². The molecule has 0 bridgehead atoms. The third-order valence-corrected chi connectivity index (χ3v) is 17.0. The van der Waals surface area contributed by atoms with Crippen LogP contribution in [0.2, 0.25) is 5.02 Å². The van der Waals surface area contributed by atoms with Gasteiger partial charge in [0, 0.05) is 82.2 Å². The molecule has 4 heterocycles. The summed E-state index contributed by atoms with van der Waals surface area (Å²) in [7, 11) is 0. The molecular weight excluding hydrogens is 1060 g/mol. The number of hydrogen-bond acceptors (Lipinski definition) is 6. The van der Waals surface area contributed by atoms with Gasteiger partial charge in [-0.25, -0.2) is 0 Å². The lowest BCUT2D eigenvalue weighted by molar-refractivity contribution is 0.668. The van der Waals surface area contributed by atoms with E-state index >= 15 is 0 Å². The van der Waals surface area contributed by atoms with Crippen molar-refractivity contribution in [2.24, 2.45) is 0 Å². The van der Waals surface area contributed by atoms with Gasteiger partial charge in [0.2, 0.25) is 0 Å². The fourth-order valence-corrected chi connectivity index (χ4v) is 13.2. The van der Waals surface area contributed by atoms with Crippen molar-refractivity contribution in [3.05, 3.63) is 290 Å². The molecule has 0 N–H and O–H groups in total. The number of furan rings is 4. The molecule has 85 heavy (non-hydrogen) atoms. The highest BCUT2D eigenvalue weighted by Gasteiger charge is 2.23. The van der Waals surface area contributed by atoms with E-state index in [9.17, 15) is 0 Å². The molecule has 17 rings (SSSR count). The molecule has 0 saturated carbocycles. The maximum Gasteiger partial charge on any atom is 0.136 e. The number of fused-ring (bicyclic) bond motifs is 12. The Bertz CT molecular complexity index is 4790. The Morgan fingerprint density at radius 1 is 0.212 bits per heavy atom. The van der Waals surface area contributed by atoms with E-state index < -0.39 is 0 Å². The third kappa shape index (κ3) is 8.10. The molecule has 0 atom stereocenters. The van der Waals surface area contributed by atoms with Crippen LogP contribution in [0.25, 0.3) is 132 Å². The largest absolute Gasteiger partial charge is 0.456 e. The minimum atomic E-state index is 0.582. The zero-order valence-corrected chi connectivity index (χ0v) is 46.3. The number of anilines is 6. The molecule has 0 aliphatic carbocycles. The highest BCUT2D eigenvalue weighted by atomic mass is 35.5. The van der Waals surface area contributed by atoms with E-state index in [4.69, 9.17) is 29.3 Å². The number of benzene rings is 13. The van der Waals surface area contributed by atoms with E-state index in [0.29, 0.717) is 5.02 Å². The molecule has 0 amide bonds. The summed E-state index contributed by atoms with van der Waals surface area (Å²) < 4.78 is 25.4. The molecule has 0 fully saturated rings. The number of halogens is 1. The SMILES string of the molecule is Clc1cc(N(c2ccc(-c3cccc4oc5ccccc5c34)cc2)c2ccc(-c3cccc4oc5ccccc5c34)cc2)cc(N(c2ccc(-c3cccc4oc5ccccc5c34)cc2)c2ccc(-c3cccc4oc5ccccc5c34)cc2)c1. The van der Waals surface area contributed by atoms with Crippen molar-refractivity contribution in [3.63, 3.8) is 0 Å². The van der Waals surface area contributed by atoms with E-state index in [0.717, 1.165) is 166 Å². The Morgan fingerprint density at radius 3 is 0.706 bits per heavy atom. The summed E-state index contributed by atoms with van der Waals surface area (Å²) in [6, 6.07) is 99.8. The Balaban J connectivity index is 0.819. The Labute approximate surface area is 492 Å². The van der Waals surface area contributed by atoms with Gasteiger partial charge in [-0.3, -0.25) is 0 Å². The maximum absolute atomic E-state index is 7.49. The minimum Gasteiger partial charge on any atom is -0.456 e. The molecule has 400 valence electrons. The molecule has 17 aromatic rings.